The number of nitrogens with zero attached hydrogens (tertiary/aromatic N) is 1. The average Bonchev–Trinajstić information content (AvgIpc) is 2.62. The van der Waals surface area contributed by atoms with Crippen LogP contribution in [0.25, 0.3) is 0 Å². The summed E-state index contributed by atoms with van der Waals surface area (Å²) in [6, 6.07) is 9.23. The highest BCUT2D eigenvalue weighted by Gasteiger charge is 2.21. The van der Waals surface area contributed by atoms with Gasteiger partial charge in [-0.15, -0.1) is 0 Å². The highest BCUT2D eigenvalue weighted by atomic mass is 35.5. The normalized spacial score (nSPS) is 19.5. The van der Waals surface area contributed by atoms with Crippen LogP contribution in [-0.4, -0.2) is 19.6 Å². The Morgan fingerprint density at radius 1 is 1.42 bits per heavy atom. The fourth-order valence-corrected chi connectivity index (χ4v) is 2.80. The van der Waals surface area contributed by atoms with E-state index in [4.69, 9.17) is 11.6 Å². The van der Waals surface area contributed by atoms with E-state index in [1.54, 1.807) is 5.54 Å². The minimum absolute atomic E-state index is 0.487. The van der Waals surface area contributed by atoms with Crippen molar-refractivity contribution in [2.75, 3.05) is 24.5 Å². The third-order valence-corrected chi connectivity index (χ3v) is 3.81. The average molecular weight is 279 g/mol. The molecule has 0 saturated carbocycles. The van der Waals surface area contributed by atoms with E-state index in [1.807, 2.05) is 6.08 Å². The largest absolute Gasteiger partial charge is 0.367 e. The maximum Gasteiger partial charge on any atom is 0.0417 e. The molecule has 19 heavy (non-hydrogen) atoms. The third-order valence-electron chi connectivity index (χ3n) is 3.63. The molecular formula is C16H23ClN2. The molecule has 1 atom stereocenters. The molecule has 1 heterocycles. The second-order valence-electron chi connectivity index (χ2n) is 5.02. The molecule has 0 radical (unpaired) electrons. The van der Waals surface area contributed by atoms with Crippen LogP contribution in [0.5, 0.6) is 0 Å². The molecule has 1 aromatic carbocycles. The topological polar surface area (TPSA) is 15.3 Å². The van der Waals surface area contributed by atoms with Crippen LogP contribution in [0, 0.1) is 0 Å². The minimum Gasteiger partial charge on any atom is -0.367 e. The first-order valence-corrected chi connectivity index (χ1v) is 7.63. The summed E-state index contributed by atoms with van der Waals surface area (Å²) < 4.78 is 0. The lowest BCUT2D eigenvalue weighted by molar-refractivity contribution is 0.496. The van der Waals surface area contributed by atoms with Crippen molar-refractivity contribution in [1.29, 1.82) is 0 Å². The summed E-state index contributed by atoms with van der Waals surface area (Å²) in [7, 11) is 0. The summed E-state index contributed by atoms with van der Waals surface area (Å²) in [5.74, 6) is 0. The molecule has 0 amide bonds. The zero-order chi connectivity index (χ0) is 13.5. The first-order chi connectivity index (χ1) is 9.36. The SMILES string of the molecule is CCCNC1CCCN(C/C=C/Cl)c2ccccc21. The van der Waals surface area contributed by atoms with Crippen LogP contribution in [0.1, 0.15) is 37.8 Å². The van der Waals surface area contributed by atoms with Crippen molar-refractivity contribution in [1.82, 2.24) is 5.32 Å². The molecule has 0 bridgehead atoms. The molecule has 1 aliphatic heterocycles. The zero-order valence-corrected chi connectivity index (χ0v) is 12.4. The number of hydrogen-bond donors (Lipinski definition) is 1. The minimum atomic E-state index is 0.487. The van der Waals surface area contributed by atoms with Gasteiger partial charge in [0, 0.05) is 30.4 Å². The van der Waals surface area contributed by atoms with Gasteiger partial charge in [-0.2, -0.15) is 0 Å². The Morgan fingerprint density at radius 3 is 3.05 bits per heavy atom. The lowest BCUT2D eigenvalue weighted by Gasteiger charge is -2.24. The van der Waals surface area contributed by atoms with Crippen LogP contribution >= 0.6 is 11.6 Å². The van der Waals surface area contributed by atoms with Gasteiger partial charge in [-0.05, 0) is 37.4 Å². The first kappa shape index (κ1) is 14.4. The van der Waals surface area contributed by atoms with Crippen molar-refractivity contribution in [2.45, 2.75) is 32.2 Å². The van der Waals surface area contributed by atoms with Crippen molar-refractivity contribution in [3.05, 3.63) is 41.4 Å². The molecule has 1 aromatic rings. The number of nitrogens with one attached hydrogen (secondary N) is 1. The molecule has 0 saturated heterocycles. The summed E-state index contributed by atoms with van der Waals surface area (Å²) >= 11 is 5.67. The second kappa shape index (κ2) is 7.56. The van der Waals surface area contributed by atoms with Crippen molar-refractivity contribution in [2.24, 2.45) is 0 Å². The fraction of sp³-hybridized carbons (Fsp3) is 0.500. The molecule has 1 aliphatic rings. The number of fused-ring (bicyclic) bond motifs is 1. The number of rotatable bonds is 5. The Labute approximate surface area is 121 Å². The molecule has 104 valence electrons. The van der Waals surface area contributed by atoms with E-state index >= 15 is 0 Å². The zero-order valence-electron chi connectivity index (χ0n) is 11.6. The van der Waals surface area contributed by atoms with Gasteiger partial charge < -0.3 is 10.2 Å². The molecule has 2 rings (SSSR count). The summed E-state index contributed by atoms with van der Waals surface area (Å²) in [5.41, 5.74) is 4.39. The van der Waals surface area contributed by atoms with Gasteiger partial charge in [0.1, 0.15) is 0 Å². The molecule has 0 aromatic heterocycles. The van der Waals surface area contributed by atoms with Crippen molar-refractivity contribution < 1.29 is 0 Å². The molecule has 1 N–H and O–H groups in total. The number of halogens is 1. The van der Waals surface area contributed by atoms with Gasteiger partial charge in [-0.3, -0.25) is 0 Å². The lowest BCUT2D eigenvalue weighted by Crippen LogP contribution is -2.24. The summed E-state index contributed by atoms with van der Waals surface area (Å²) in [4.78, 5) is 2.42. The van der Waals surface area contributed by atoms with Gasteiger partial charge in [0.15, 0.2) is 0 Å². The second-order valence-corrected chi connectivity index (χ2v) is 5.27. The number of para-hydroxylation sites is 1. The third kappa shape index (κ3) is 3.74. The Morgan fingerprint density at radius 2 is 2.26 bits per heavy atom. The Kier molecular flexibility index (Phi) is 5.74. The van der Waals surface area contributed by atoms with Crippen LogP contribution in [0.3, 0.4) is 0 Å². The maximum atomic E-state index is 5.67. The molecular weight excluding hydrogens is 256 g/mol. The summed E-state index contributed by atoms with van der Waals surface area (Å²) in [5, 5.41) is 3.67. The van der Waals surface area contributed by atoms with Crippen molar-refractivity contribution in [3.63, 3.8) is 0 Å². The van der Waals surface area contributed by atoms with Crippen LogP contribution in [-0.2, 0) is 0 Å². The predicted molar refractivity (Wildman–Crippen MR) is 83.9 cm³/mol. The Balaban J connectivity index is 2.23. The van der Waals surface area contributed by atoms with Crippen LogP contribution in [0.15, 0.2) is 35.9 Å². The monoisotopic (exact) mass is 278 g/mol. The number of benzene rings is 1. The standard InChI is InChI=1S/C16H23ClN2/c1-2-11-18-15-8-5-12-19(13-6-10-17)16-9-4-3-7-14(15)16/h3-4,6-7,9-10,15,18H,2,5,8,11-13H2,1H3/b10-6+. The van der Waals surface area contributed by atoms with Gasteiger partial charge in [-0.25, -0.2) is 0 Å². The van der Waals surface area contributed by atoms with Gasteiger partial charge >= 0.3 is 0 Å². The van der Waals surface area contributed by atoms with E-state index in [1.165, 1.54) is 30.5 Å². The van der Waals surface area contributed by atoms with E-state index in [9.17, 15) is 0 Å². The van der Waals surface area contributed by atoms with Crippen molar-refractivity contribution >= 4 is 17.3 Å². The predicted octanol–water partition coefficient (Wildman–Crippen LogP) is 4.08. The van der Waals surface area contributed by atoms with Crippen LogP contribution in [0.2, 0.25) is 0 Å². The fourth-order valence-electron chi connectivity index (χ4n) is 2.72. The van der Waals surface area contributed by atoms with E-state index in [0.717, 1.165) is 19.6 Å². The molecule has 2 nitrogen and oxygen atoms in total. The van der Waals surface area contributed by atoms with Crippen LogP contribution < -0.4 is 10.2 Å². The highest BCUT2D eigenvalue weighted by Crippen LogP contribution is 2.32. The van der Waals surface area contributed by atoms with Gasteiger partial charge in [0.05, 0.1) is 0 Å². The summed E-state index contributed by atoms with van der Waals surface area (Å²) in [6.45, 7) is 5.29. The highest BCUT2D eigenvalue weighted by molar-refractivity contribution is 6.25. The first-order valence-electron chi connectivity index (χ1n) is 7.19. The van der Waals surface area contributed by atoms with Crippen molar-refractivity contribution in [3.8, 4) is 0 Å². The Bertz CT molecular complexity index is 417. The summed E-state index contributed by atoms with van der Waals surface area (Å²) in [6.07, 6.45) is 5.61. The molecule has 1 unspecified atom stereocenters. The van der Waals surface area contributed by atoms with E-state index < -0.39 is 0 Å². The van der Waals surface area contributed by atoms with Gasteiger partial charge in [-0.1, -0.05) is 42.8 Å². The molecule has 0 spiro atoms. The quantitative estimate of drug-likeness (QED) is 0.873. The van der Waals surface area contributed by atoms with Crippen LogP contribution in [0.4, 0.5) is 5.69 Å². The van der Waals surface area contributed by atoms with Gasteiger partial charge in [0.2, 0.25) is 0 Å². The molecule has 3 heteroatoms. The van der Waals surface area contributed by atoms with E-state index in [-0.39, 0.29) is 0 Å². The Hall–Kier alpha value is -0.990. The van der Waals surface area contributed by atoms with E-state index in [0.29, 0.717) is 6.04 Å². The molecule has 0 fully saturated rings. The number of anilines is 1. The van der Waals surface area contributed by atoms with E-state index in [2.05, 4.69) is 41.4 Å². The molecule has 0 aliphatic carbocycles. The number of hydrogen-bond acceptors (Lipinski definition) is 2. The van der Waals surface area contributed by atoms with Gasteiger partial charge in [0.25, 0.3) is 0 Å². The maximum absolute atomic E-state index is 5.67. The smallest absolute Gasteiger partial charge is 0.0417 e. The lowest BCUT2D eigenvalue weighted by atomic mass is 10.0.